The normalized spacial score (nSPS) is 13.8. The molecule has 0 fully saturated rings. The zero-order valence-electron chi connectivity index (χ0n) is 12.1. The summed E-state index contributed by atoms with van der Waals surface area (Å²) >= 11 is 6.04. The van der Waals surface area contributed by atoms with Gasteiger partial charge in [0.1, 0.15) is 11.9 Å². The molecule has 2 N–H and O–H groups in total. The highest BCUT2D eigenvalue weighted by molar-refractivity contribution is 6.30. The number of halogens is 1. The van der Waals surface area contributed by atoms with Gasteiger partial charge in [-0.2, -0.15) is 0 Å². The van der Waals surface area contributed by atoms with Gasteiger partial charge < -0.3 is 10.5 Å². The molecule has 106 valence electrons. The first kappa shape index (κ1) is 14.9. The summed E-state index contributed by atoms with van der Waals surface area (Å²) in [6.45, 7) is 6.01. The van der Waals surface area contributed by atoms with Crippen LogP contribution in [0.25, 0.3) is 0 Å². The van der Waals surface area contributed by atoms with Gasteiger partial charge in [-0.1, -0.05) is 47.5 Å². The molecule has 0 radical (unpaired) electrons. The van der Waals surface area contributed by atoms with Crippen LogP contribution in [-0.4, -0.2) is 6.04 Å². The van der Waals surface area contributed by atoms with Gasteiger partial charge in [-0.15, -0.1) is 0 Å². The van der Waals surface area contributed by atoms with Crippen molar-refractivity contribution < 1.29 is 4.74 Å². The molecule has 0 saturated heterocycles. The second kappa shape index (κ2) is 6.29. The van der Waals surface area contributed by atoms with Crippen LogP contribution in [0.4, 0.5) is 0 Å². The Morgan fingerprint density at radius 1 is 1.05 bits per heavy atom. The molecule has 0 heterocycles. The van der Waals surface area contributed by atoms with Gasteiger partial charge in [0, 0.05) is 11.1 Å². The lowest BCUT2D eigenvalue weighted by Crippen LogP contribution is -2.29. The van der Waals surface area contributed by atoms with E-state index < -0.39 is 0 Å². The second-order valence-corrected chi connectivity index (χ2v) is 5.65. The number of nitrogens with two attached hydrogens (primary N) is 1. The number of ether oxygens (including phenoxy) is 1. The first-order valence-corrected chi connectivity index (χ1v) is 7.10. The van der Waals surface area contributed by atoms with Crippen molar-refractivity contribution in [1.29, 1.82) is 0 Å². The Morgan fingerprint density at radius 2 is 1.70 bits per heavy atom. The van der Waals surface area contributed by atoms with Gasteiger partial charge in [0.15, 0.2) is 0 Å². The molecule has 2 nitrogen and oxygen atoms in total. The molecular formula is C17H20ClNO. The number of rotatable bonds is 4. The second-order valence-electron chi connectivity index (χ2n) is 5.22. The summed E-state index contributed by atoms with van der Waals surface area (Å²) in [5.41, 5.74) is 9.43. The van der Waals surface area contributed by atoms with Crippen molar-refractivity contribution in [2.24, 2.45) is 5.73 Å². The summed E-state index contributed by atoms with van der Waals surface area (Å²) in [6.07, 6.45) is -0.187. The largest absolute Gasteiger partial charge is 0.484 e. The maximum Gasteiger partial charge on any atom is 0.138 e. The third-order valence-corrected chi connectivity index (χ3v) is 3.52. The van der Waals surface area contributed by atoms with Gasteiger partial charge in [0.25, 0.3) is 0 Å². The van der Waals surface area contributed by atoms with E-state index in [-0.39, 0.29) is 12.1 Å². The Morgan fingerprint density at radius 3 is 2.30 bits per heavy atom. The van der Waals surface area contributed by atoms with Gasteiger partial charge in [0.2, 0.25) is 0 Å². The van der Waals surface area contributed by atoms with Crippen LogP contribution < -0.4 is 10.5 Å². The summed E-state index contributed by atoms with van der Waals surface area (Å²) in [4.78, 5) is 0. The number of hydrogen-bond acceptors (Lipinski definition) is 2. The summed E-state index contributed by atoms with van der Waals surface area (Å²) < 4.78 is 6.10. The van der Waals surface area contributed by atoms with E-state index in [1.165, 1.54) is 5.56 Å². The highest BCUT2D eigenvalue weighted by atomic mass is 35.5. The molecule has 0 aliphatic heterocycles. The first-order chi connectivity index (χ1) is 9.47. The minimum atomic E-state index is -0.187. The molecule has 0 aliphatic rings. The van der Waals surface area contributed by atoms with Crippen molar-refractivity contribution >= 4 is 11.6 Å². The topological polar surface area (TPSA) is 35.2 Å². The highest BCUT2D eigenvalue weighted by Crippen LogP contribution is 2.29. The van der Waals surface area contributed by atoms with Crippen LogP contribution in [0.5, 0.6) is 5.75 Å². The van der Waals surface area contributed by atoms with Crippen molar-refractivity contribution in [3.8, 4) is 5.75 Å². The molecule has 0 bridgehead atoms. The van der Waals surface area contributed by atoms with Crippen molar-refractivity contribution in [2.45, 2.75) is 32.9 Å². The molecule has 3 heteroatoms. The molecule has 0 aliphatic carbocycles. The van der Waals surface area contributed by atoms with E-state index in [9.17, 15) is 0 Å². The van der Waals surface area contributed by atoms with Crippen LogP contribution in [0.3, 0.4) is 0 Å². The fourth-order valence-electron chi connectivity index (χ4n) is 2.07. The number of hydrogen-bond donors (Lipinski definition) is 1. The Kier molecular flexibility index (Phi) is 4.69. The van der Waals surface area contributed by atoms with E-state index in [4.69, 9.17) is 22.1 Å². The Labute approximate surface area is 125 Å². The fraction of sp³-hybridized carbons (Fsp3) is 0.294. The van der Waals surface area contributed by atoms with Crippen LogP contribution in [0.15, 0.2) is 42.5 Å². The molecule has 2 unspecified atom stereocenters. The Balaban J connectivity index is 2.30. The first-order valence-electron chi connectivity index (χ1n) is 6.72. The molecule has 0 saturated carbocycles. The summed E-state index contributed by atoms with van der Waals surface area (Å²) in [5.74, 6) is 0.778. The minimum absolute atomic E-state index is 0.115. The lowest BCUT2D eigenvalue weighted by Gasteiger charge is -2.24. The smallest absolute Gasteiger partial charge is 0.138 e. The predicted octanol–water partition coefficient (Wildman–Crippen LogP) is 4.42. The zero-order valence-corrected chi connectivity index (χ0v) is 12.8. The molecule has 2 aromatic carbocycles. The number of benzene rings is 2. The average Bonchev–Trinajstić information content (AvgIpc) is 2.40. The molecule has 2 aromatic rings. The molecule has 2 rings (SSSR count). The van der Waals surface area contributed by atoms with Crippen molar-refractivity contribution in [3.63, 3.8) is 0 Å². The molecule has 2 atom stereocenters. The van der Waals surface area contributed by atoms with Crippen molar-refractivity contribution in [2.75, 3.05) is 0 Å². The average molecular weight is 290 g/mol. The molecule has 0 spiro atoms. The van der Waals surface area contributed by atoms with E-state index in [2.05, 4.69) is 31.2 Å². The highest BCUT2D eigenvalue weighted by Gasteiger charge is 2.19. The van der Waals surface area contributed by atoms with Gasteiger partial charge in [0.05, 0.1) is 0 Å². The lowest BCUT2D eigenvalue weighted by molar-refractivity contribution is 0.179. The maximum absolute atomic E-state index is 6.10. The Hall–Kier alpha value is -1.51. The Bertz CT molecular complexity index is 578. The van der Waals surface area contributed by atoms with Crippen LogP contribution in [-0.2, 0) is 0 Å². The van der Waals surface area contributed by atoms with E-state index >= 15 is 0 Å². The van der Waals surface area contributed by atoms with E-state index in [0.29, 0.717) is 5.02 Å². The van der Waals surface area contributed by atoms with Crippen LogP contribution in [0, 0.1) is 13.8 Å². The van der Waals surface area contributed by atoms with Crippen LogP contribution in [0.1, 0.15) is 29.7 Å². The zero-order chi connectivity index (χ0) is 14.7. The minimum Gasteiger partial charge on any atom is -0.484 e. The quantitative estimate of drug-likeness (QED) is 0.904. The summed E-state index contributed by atoms with van der Waals surface area (Å²) in [7, 11) is 0. The van der Waals surface area contributed by atoms with Crippen molar-refractivity contribution in [1.82, 2.24) is 0 Å². The lowest BCUT2D eigenvalue weighted by atomic mass is 10.0. The third kappa shape index (κ3) is 3.53. The number of aryl methyl sites for hydroxylation is 2. The molecular weight excluding hydrogens is 270 g/mol. The van der Waals surface area contributed by atoms with E-state index in [1.54, 1.807) is 0 Å². The van der Waals surface area contributed by atoms with Crippen molar-refractivity contribution in [3.05, 3.63) is 64.2 Å². The van der Waals surface area contributed by atoms with E-state index in [0.717, 1.165) is 16.9 Å². The maximum atomic E-state index is 6.10. The fourth-order valence-corrected chi connectivity index (χ4v) is 2.23. The van der Waals surface area contributed by atoms with Crippen LogP contribution in [0.2, 0.25) is 5.02 Å². The summed E-state index contributed by atoms with van der Waals surface area (Å²) in [5, 5.41) is 0.665. The third-order valence-electron chi connectivity index (χ3n) is 3.29. The molecule has 0 amide bonds. The molecule has 0 aromatic heterocycles. The SMILES string of the molecule is Cc1ccc(C(Oc2cc(Cl)ccc2C)C(C)N)cc1. The van der Waals surface area contributed by atoms with Gasteiger partial charge in [-0.05, 0) is 44.0 Å². The molecule has 20 heavy (non-hydrogen) atoms. The standard InChI is InChI=1S/C17H20ClNO/c1-11-4-7-14(8-5-11)17(13(3)19)20-16-10-15(18)9-6-12(16)2/h4-10,13,17H,19H2,1-3H3. The predicted molar refractivity (Wildman–Crippen MR) is 84.4 cm³/mol. The van der Waals surface area contributed by atoms with Crippen LogP contribution >= 0.6 is 11.6 Å². The summed E-state index contributed by atoms with van der Waals surface area (Å²) in [6, 6.07) is 13.8. The van der Waals surface area contributed by atoms with E-state index in [1.807, 2.05) is 32.0 Å². The van der Waals surface area contributed by atoms with Gasteiger partial charge in [-0.25, -0.2) is 0 Å². The van der Waals surface area contributed by atoms with Gasteiger partial charge in [-0.3, -0.25) is 0 Å². The monoisotopic (exact) mass is 289 g/mol. The van der Waals surface area contributed by atoms with Gasteiger partial charge >= 0.3 is 0 Å².